The fraction of sp³-hybridized carbons (Fsp3) is 1.00. The highest BCUT2D eigenvalue weighted by Gasteiger charge is 2.47. The molecule has 1 N–H and O–H groups in total. The lowest BCUT2D eigenvalue weighted by Crippen LogP contribution is -2.52. The SMILES string of the molecule is CCCC1(O)CC(CC)C1C. The molecule has 0 aliphatic heterocycles. The third kappa shape index (κ3) is 1.44. The Hall–Kier alpha value is -0.0400. The minimum Gasteiger partial charge on any atom is -0.390 e. The molecule has 0 aromatic heterocycles. The van der Waals surface area contributed by atoms with E-state index in [4.69, 9.17) is 0 Å². The van der Waals surface area contributed by atoms with Crippen LogP contribution < -0.4 is 0 Å². The van der Waals surface area contributed by atoms with E-state index in [0.29, 0.717) is 5.92 Å². The van der Waals surface area contributed by atoms with Crippen LogP contribution in [0.5, 0.6) is 0 Å². The zero-order chi connectivity index (χ0) is 8.48. The van der Waals surface area contributed by atoms with Crippen molar-refractivity contribution in [1.29, 1.82) is 0 Å². The molecule has 66 valence electrons. The van der Waals surface area contributed by atoms with E-state index in [1.807, 2.05) is 0 Å². The molecule has 1 heteroatoms. The summed E-state index contributed by atoms with van der Waals surface area (Å²) in [5.41, 5.74) is -0.296. The van der Waals surface area contributed by atoms with E-state index < -0.39 is 0 Å². The second-order valence-electron chi connectivity index (χ2n) is 4.01. The molecule has 1 aliphatic rings. The highest BCUT2D eigenvalue weighted by Crippen LogP contribution is 2.47. The molecule has 1 fully saturated rings. The molecule has 0 saturated heterocycles. The highest BCUT2D eigenvalue weighted by atomic mass is 16.3. The minimum atomic E-state index is -0.296. The summed E-state index contributed by atoms with van der Waals surface area (Å²) in [5, 5.41) is 9.98. The van der Waals surface area contributed by atoms with Crippen LogP contribution in [0.4, 0.5) is 0 Å². The number of aliphatic hydroxyl groups is 1. The normalized spacial score (nSPS) is 43.6. The Morgan fingerprint density at radius 1 is 1.45 bits per heavy atom. The fourth-order valence-corrected chi connectivity index (χ4v) is 2.36. The second-order valence-corrected chi connectivity index (χ2v) is 4.01. The van der Waals surface area contributed by atoms with Gasteiger partial charge in [-0.15, -0.1) is 0 Å². The van der Waals surface area contributed by atoms with Crippen molar-refractivity contribution in [1.82, 2.24) is 0 Å². The van der Waals surface area contributed by atoms with Gasteiger partial charge in [-0.05, 0) is 24.7 Å². The van der Waals surface area contributed by atoms with Gasteiger partial charge in [0.15, 0.2) is 0 Å². The van der Waals surface area contributed by atoms with Gasteiger partial charge in [0.05, 0.1) is 5.60 Å². The molecule has 3 atom stereocenters. The molecule has 3 unspecified atom stereocenters. The van der Waals surface area contributed by atoms with Gasteiger partial charge in [-0.2, -0.15) is 0 Å². The van der Waals surface area contributed by atoms with Crippen molar-refractivity contribution in [3.05, 3.63) is 0 Å². The molecule has 1 rings (SSSR count). The van der Waals surface area contributed by atoms with Crippen molar-refractivity contribution in [3.8, 4) is 0 Å². The second kappa shape index (κ2) is 3.14. The topological polar surface area (TPSA) is 20.2 Å². The molecular formula is C10H20O. The van der Waals surface area contributed by atoms with E-state index in [-0.39, 0.29) is 5.60 Å². The number of rotatable bonds is 3. The van der Waals surface area contributed by atoms with Crippen molar-refractivity contribution in [3.63, 3.8) is 0 Å². The maximum Gasteiger partial charge on any atom is 0.0678 e. The van der Waals surface area contributed by atoms with Crippen LogP contribution in [-0.4, -0.2) is 10.7 Å². The summed E-state index contributed by atoms with van der Waals surface area (Å²) in [6.07, 6.45) is 4.37. The quantitative estimate of drug-likeness (QED) is 0.666. The molecule has 0 bridgehead atoms. The predicted molar refractivity (Wildman–Crippen MR) is 47.4 cm³/mol. The third-order valence-electron chi connectivity index (χ3n) is 3.38. The van der Waals surface area contributed by atoms with Gasteiger partial charge in [-0.3, -0.25) is 0 Å². The Bertz CT molecular complexity index is 133. The van der Waals surface area contributed by atoms with Gasteiger partial charge in [0.1, 0.15) is 0 Å². The summed E-state index contributed by atoms with van der Waals surface area (Å²) in [6.45, 7) is 6.55. The summed E-state index contributed by atoms with van der Waals surface area (Å²) >= 11 is 0. The Balaban J connectivity index is 2.40. The van der Waals surface area contributed by atoms with E-state index in [1.165, 1.54) is 6.42 Å². The molecule has 0 heterocycles. The maximum atomic E-state index is 9.98. The van der Waals surface area contributed by atoms with Crippen molar-refractivity contribution in [2.24, 2.45) is 11.8 Å². The number of hydrogen-bond acceptors (Lipinski definition) is 1. The van der Waals surface area contributed by atoms with Gasteiger partial charge in [-0.25, -0.2) is 0 Å². The van der Waals surface area contributed by atoms with Gasteiger partial charge in [0.25, 0.3) is 0 Å². The summed E-state index contributed by atoms with van der Waals surface area (Å²) in [5.74, 6) is 1.32. The third-order valence-corrected chi connectivity index (χ3v) is 3.38. The van der Waals surface area contributed by atoms with Gasteiger partial charge >= 0.3 is 0 Å². The highest BCUT2D eigenvalue weighted by molar-refractivity contribution is 4.98. The average molecular weight is 156 g/mol. The fourth-order valence-electron chi connectivity index (χ4n) is 2.36. The lowest BCUT2D eigenvalue weighted by Gasteiger charge is -2.50. The van der Waals surface area contributed by atoms with Gasteiger partial charge in [0.2, 0.25) is 0 Å². The van der Waals surface area contributed by atoms with Crippen molar-refractivity contribution in [2.45, 2.75) is 52.1 Å². The van der Waals surface area contributed by atoms with Crippen molar-refractivity contribution >= 4 is 0 Å². The van der Waals surface area contributed by atoms with Gasteiger partial charge in [-0.1, -0.05) is 33.6 Å². The first-order chi connectivity index (χ1) is 5.14. The average Bonchev–Trinajstić information content (AvgIpc) is 2.00. The standard InChI is InChI=1S/C10H20O/c1-4-6-10(11)7-9(5-2)8(10)3/h8-9,11H,4-7H2,1-3H3. The largest absolute Gasteiger partial charge is 0.390 e. The van der Waals surface area contributed by atoms with Crippen LogP contribution in [0.2, 0.25) is 0 Å². The molecule has 11 heavy (non-hydrogen) atoms. The molecule has 1 saturated carbocycles. The molecule has 0 spiro atoms. The molecule has 1 aliphatic carbocycles. The van der Waals surface area contributed by atoms with Crippen molar-refractivity contribution < 1.29 is 5.11 Å². The Kier molecular flexibility index (Phi) is 2.58. The van der Waals surface area contributed by atoms with Crippen LogP contribution in [-0.2, 0) is 0 Å². The molecule has 0 aromatic carbocycles. The van der Waals surface area contributed by atoms with Crippen LogP contribution >= 0.6 is 0 Å². The first-order valence-electron chi connectivity index (χ1n) is 4.86. The van der Waals surface area contributed by atoms with E-state index >= 15 is 0 Å². The smallest absolute Gasteiger partial charge is 0.0678 e. The molecule has 0 radical (unpaired) electrons. The zero-order valence-electron chi connectivity index (χ0n) is 7.93. The van der Waals surface area contributed by atoms with E-state index in [2.05, 4.69) is 20.8 Å². The van der Waals surface area contributed by atoms with E-state index in [1.54, 1.807) is 0 Å². The Morgan fingerprint density at radius 3 is 2.45 bits per heavy atom. The van der Waals surface area contributed by atoms with Crippen molar-refractivity contribution in [2.75, 3.05) is 0 Å². The summed E-state index contributed by atoms with van der Waals surface area (Å²) in [6, 6.07) is 0. The molecular weight excluding hydrogens is 136 g/mol. The lowest BCUT2D eigenvalue weighted by atomic mass is 9.59. The van der Waals surface area contributed by atoms with Gasteiger partial charge in [0, 0.05) is 0 Å². The zero-order valence-corrected chi connectivity index (χ0v) is 7.93. The van der Waals surface area contributed by atoms with Crippen LogP contribution in [0.3, 0.4) is 0 Å². The van der Waals surface area contributed by atoms with E-state index in [9.17, 15) is 5.11 Å². The summed E-state index contributed by atoms with van der Waals surface area (Å²) in [4.78, 5) is 0. The van der Waals surface area contributed by atoms with Crippen LogP contribution in [0.25, 0.3) is 0 Å². The minimum absolute atomic E-state index is 0.296. The Morgan fingerprint density at radius 2 is 2.09 bits per heavy atom. The first-order valence-corrected chi connectivity index (χ1v) is 4.86. The van der Waals surface area contributed by atoms with Crippen LogP contribution in [0, 0.1) is 11.8 Å². The molecule has 1 nitrogen and oxygen atoms in total. The number of hydrogen-bond donors (Lipinski definition) is 1. The summed E-state index contributed by atoms with van der Waals surface area (Å²) in [7, 11) is 0. The maximum absolute atomic E-state index is 9.98. The monoisotopic (exact) mass is 156 g/mol. The molecule has 0 amide bonds. The summed E-state index contributed by atoms with van der Waals surface area (Å²) < 4.78 is 0. The Labute approximate surface area is 69.8 Å². The predicted octanol–water partition coefficient (Wildman–Crippen LogP) is 2.58. The first kappa shape index (κ1) is 9.05. The van der Waals surface area contributed by atoms with E-state index in [0.717, 1.165) is 25.2 Å². The molecule has 0 aromatic rings. The van der Waals surface area contributed by atoms with Gasteiger partial charge < -0.3 is 5.11 Å². The lowest BCUT2D eigenvalue weighted by molar-refractivity contribution is -0.136. The van der Waals surface area contributed by atoms with Crippen LogP contribution in [0.15, 0.2) is 0 Å². The van der Waals surface area contributed by atoms with Crippen LogP contribution in [0.1, 0.15) is 46.5 Å².